The van der Waals surface area contributed by atoms with Gasteiger partial charge in [0.05, 0.1) is 35.4 Å². The number of halogens is 1. The van der Waals surface area contributed by atoms with Crippen molar-refractivity contribution in [3.63, 3.8) is 0 Å². The molecule has 0 saturated carbocycles. The van der Waals surface area contributed by atoms with E-state index in [1.54, 1.807) is 17.0 Å². The first-order valence-corrected chi connectivity index (χ1v) is 19.2. The molecule has 2 aliphatic rings. The first-order valence-electron chi connectivity index (χ1n) is 18.3. The van der Waals surface area contributed by atoms with Crippen LogP contribution in [0.3, 0.4) is 0 Å². The Morgan fingerprint density at radius 1 is 0.981 bits per heavy atom. The number of hydrogen-bond donors (Lipinski definition) is 0. The van der Waals surface area contributed by atoms with Gasteiger partial charge in [-0.05, 0) is 89.3 Å². The zero-order valence-corrected chi connectivity index (χ0v) is 34.1. The van der Waals surface area contributed by atoms with E-state index in [1.807, 2.05) is 51.9 Å². The van der Waals surface area contributed by atoms with Gasteiger partial charge in [0.25, 0.3) is 0 Å². The summed E-state index contributed by atoms with van der Waals surface area (Å²) < 4.78 is 28.1. The maximum absolute atomic E-state index is 14.5. The van der Waals surface area contributed by atoms with Crippen LogP contribution in [0, 0.1) is 12.7 Å². The third-order valence-corrected chi connectivity index (χ3v) is 10.9. The fourth-order valence-corrected chi connectivity index (χ4v) is 7.63. The molecule has 0 bridgehead atoms. The third kappa shape index (κ3) is 9.30. The zero-order chi connectivity index (χ0) is 38.4. The number of anilines is 1. The van der Waals surface area contributed by atoms with Gasteiger partial charge in [-0.15, -0.1) is 0 Å². The van der Waals surface area contributed by atoms with Crippen LogP contribution >= 0.6 is 0 Å². The van der Waals surface area contributed by atoms with Crippen LogP contribution in [0.4, 0.5) is 14.9 Å². The lowest BCUT2D eigenvalue weighted by Gasteiger charge is -2.46. The summed E-state index contributed by atoms with van der Waals surface area (Å²) in [4.78, 5) is 43.4. The molecule has 2 atom stereocenters. The minimum atomic E-state index is -0.637. The number of hydrogen-bond acceptors (Lipinski definition) is 7. The maximum Gasteiger partial charge on any atom is 0.410 e. The van der Waals surface area contributed by atoms with Crippen LogP contribution in [0.25, 0.3) is 0 Å². The summed E-state index contributed by atoms with van der Waals surface area (Å²) in [6, 6.07) is 8.14. The first-order chi connectivity index (χ1) is 24.0. The molecule has 52 heavy (non-hydrogen) atoms. The molecule has 5 rings (SSSR count). The first kappa shape index (κ1) is 39.6. The Balaban J connectivity index is 1.43. The summed E-state index contributed by atoms with van der Waals surface area (Å²) in [5, 5.41) is 0.0156. The average Bonchev–Trinajstić information content (AvgIpc) is 3.53. The fraction of sp³-hybridized carbons (Fsp3) is 0.600. The second-order valence-corrected chi connectivity index (χ2v) is 19.6. The standard InChI is InChI=1S/C40H57FN6O4Si/c1-26-21-44(24-34(48)47-25-39(9,10)35-32(47)18-29(19-43-35)17-28-13-15-30(41)16-14-28)31(22-45(26)36(49)50-37(3,4)5)23-46-27(2)42-20-33(46)40(11,12)51-52-38(6,7)8/h13-16,18-20,26,31H,17,21-25H2,1-12H3/t26-,31-/m1/s1. The Labute approximate surface area is 312 Å². The van der Waals surface area contributed by atoms with E-state index in [4.69, 9.17) is 19.1 Å². The molecule has 2 amide bonds. The van der Waals surface area contributed by atoms with Crippen LogP contribution in [0.1, 0.15) is 105 Å². The molecule has 2 aliphatic heterocycles. The molecule has 2 aromatic heterocycles. The number of amides is 2. The van der Waals surface area contributed by atoms with Crippen molar-refractivity contribution in [2.75, 3.05) is 31.1 Å². The highest BCUT2D eigenvalue weighted by atomic mass is 28.2. The highest BCUT2D eigenvalue weighted by Crippen LogP contribution is 2.40. The Hall–Kier alpha value is -3.61. The molecule has 282 valence electrons. The Kier molecular flexibility index (Phi) is 11.2. The van der Waals surface area contributed by atoms with Gasteiger partial charge in [0, 0.05) is 49.9 Å². The molecule has 0 aliphatic carbocycles. The Morgan fingerprint density at radius 3 is 2.29 bits per heavy atom. The van der Waals surface area contributed by atoms with Crippen molar-refractivity contribution in [3.05, 3.63) is 76.9 Å². The lowest BCUT2D eigenvalue weighted by molar-refractivity contribution is -0.121. The predicted octanol–water partition coefficient (Wildman–Crippen LogP) is 7.04. The van der Waals surface area contributed by atoms with Crippen LogP contribution in [0.15, 0.2) is 42.7 Å². The summed E-state index contributed by atoms with van der Waals surface area (Å²) in [5.41, 5.74) is 3.01. The smallest absolute Gasteiger partial charge is 0.410 e. The minimum Gasteiger partial charge on any atom is -0.444 e. The average molecular weight is 733 g/mol. The van der Waals surface area contributed by atoms with Gasteiger partial charge in [0.15, 0.2) is 0 Å². The number of benzene rings is 1. The zero-order valence-electron chi connectivity index (χ0n) is 33.1. The van der Waals surface area contributed by atoms with Gasteiger partial charge in [0.2, 0.25) is 15.7 Å². The van der Waals surface area contributed by atoms with E-state index in [-0.39, 0.29) is 56.7 Å². The van der Waals surface area contributed by atoms with Crippen molar-refractivity contribution in [2.24, 2.45) is 0 Å². The Morgan fingerprint density at radius 2 is 1.65 bits per heavy atom. The third-order valence-electron chi connectivity index (χ3n) is 9.63. The van der Waals surface area contributed by atoms with E-state index in [2.05, 4.69) is 64.0 Å². The quantitative estimate of drug-likeness (QED) is 0.218. The van der Waals surface area contributed by atoms with Gasteiger partial charge >= 0.3 is 6.09 Å². The number of imidazole rings is 1. The van der Waals surface area contributed by atoms with Crippen LogP contribution in [-0.2, 0) is 37.9 Å². The SMILES string of the molecule is Cc1ncc(C(C)(C)O[Si]C(C)(C)C)n1C[C@H]1CN(C(=O)OC(C)(C)C)[C@H](C)CN1CC(=O)N1CC(C)(C)c2ncc(Cc3ccc(F)cc3)cc21. The van der Waals surface area contributed by atoms with E-state index in [1.165, 1.54) is 12.1 Å². The number of carbonyl (C=O) groups is 2. The van der Waals surface area contributed by atoms with Crippen molar-refractivity contribution in [2.45, 2.75) is 130 Å². The maximum atomic E-state index is 14.5. The van der Waals surface area contributed by atoms with Crippen LogP contribution < -0.4 is 4.90 Å². The summed E-state index contributed by atoms with van der Waals surface area (Å²) in [6.07, 6.45) is 3.97. The van der Waals surface area contributed by atoms with Crippen LogP contribution in [0.5, 0.6) is 0 Å². The normalized spacial score (nSPS) is 19.6. The number of rotatable bonds is 9. The van der Waals surface area contributed by atoms with E-state index >= 15 is 0 Å². The highest BCUT2D eigenvalue weighted by Gasteiger charge is 2.43. The summed E-state index contributed by atoms with van der Waals surface area (Å²) in [6.45, 7) is 26.5. The molecule has 1 saturated heterocycles. The van der Waals surface area contributed by atoms with Gasteiger partial charge in [-0.2, -0.15) is 0 Å². The largest absolute Gasteiger partial charge is 0.444 e. The molecule has 1 fully saturated rings. The summed E-state index contributed by atoms with van der Waals surface area (Å²) >= 11 is 0. The molecule has 3 aromatic rings. The van der Waals surface area contributed by atoms with Crippen molar-refractivity contribution in [1.29, 1.82) is 0 Å². The summed E-state index contributed by atoms with van der Waals surface area (Å²) in [5.74, 6) is 0.550. The number of pyridine rings is 1. The second-order valence-electron chi connectivity index (χ2n) is 17.7. The molecule has 12 heteroatoms. The summed E-state index contributed by atoms with van der Waals surface area (Å²) in [7, 11) is 0.289. The fourth-order valence-electron chi connectivity index (χ4n) is 6.97. The van der Waals surface area contributed by atoms with Crippen molar-refractivity contribution in [1.82, 2.24) is 24.3 Å². The van der Waals surface area contributed by atoms with Crippen LogP contribution in [0.2, 0.25) is 5.04 Å². The highest BCUT2D eigenvalue weighted by molar-refractivity contribution is 6.31. The molecule has 0 spiro atoms. The second kappa shape index (κ2) is 14.7. The van der Waals surface area contributed by atoms with E-state index in [0.29, 0.717) is 32.6 Å². The van der Waals surface area contributed by atoms with E-state index in [9.17, 15) is 14.0 Å². The number of ether oxygens (including phenoxy) is 1. The predicted molar refractivity (Wildman–Crippen MR) is 203 cm³/mol. The number of aromatic nitrogens is 3. The molecule has 1 aromatic carbocycles. The van der Waals surface area contributed by atoms with Gasteiger partial charge in [-0.25, -0.2) is 14.2 Å². The molecule has 10 nitrogen and oxygen atoms in total. The number of aryl methyl sites for hydroxylation is 1. The molecular weight excluding hydrogens is 676 g/mol. The number of nitrogens with zero attached hydrogens (tertiary/aromatic N) is 6. The molecule has 4 heterocycles. The van der Waals surface area contributed by atoms with E-state index < -0.39 is 11.2 Å². The molecule has 0 N–H and O–H groups in total. The molecule has 0 unspecified atom stereocenters. The lowest BCUT2D eigenvalue weighted by Crippen LogP contribution is -2.62. The van der Waals surface area contributed by atoms with Gasteiger partial charge in [0.1, 0.15) is 17.2 Å². The van der Waals surface area contributed by atoms with Gasteiger partial charge in [-0.1, -0.05) is 46.8 Å². The van der Waals surface area contributed by atoms with Crippen molar-refractivity contribution in [3.8, 4) is 0 Å². The van der Waals surface area contributed by atoms with E-state index in [0.717, 1.165) is 34.0 Å². The molecule has 2 radical (unpaired) electrons. The Bertz CT molecular complexity index is 1760. The van der Waals surface area contributed by atoms with Crippen molar-refractivity contribution < 1.29 is 23.1 Å². The van der Waals surface area contributed by atoms with Gasteiger partial charge in [-0.3, -0.25) is 14.7 Å². The molecular formula is C40H57FN6O4Si. The number of fused-ring (bicyclic) bond motifs is 1. The van der Waals surface area contributed by atoms with Gasteiger partial charge < -0.3 is 23.5 Å². The van der Waals surface area contributed by atoms with Crippen LogP contribution in [-0.4, -0.2) is 90.0 Å². The lowest BCUT2D eigenvalue weighted by atomic mass is 9.91. The number of piperazine rings is 1. The van der Waals surface area contributed by atoms with Crippen molar-refractivity contribution >= 4 is 27.5 Å². The topological polar surface area (TPSA) is 93.0 Å². The minimum absolute atomic E-state index is 0.0156. The monoisotopic (exact) mass is 732 g/mol. The number of carbonyl (C=O) groups excluding carboxylic acids is 2.